The van der Waals surface area contributed by atoms with E-state index in [-0.39, 0.29) is 5.91 Å². The summed E-state index contributed by atoms with van der Waals surface area (Å²) in [7, 11) is 0. The number of ether oxygens (including phenoxy) is 1. The molecule has 0 atom stereocenters. The van der Waals surface area contributed by atoms with Gasteiger partial charge < -0.3 is 15.0 Å². The van der Waals surface area contributed by atoms with Gasteiger partial charge in [0.2, 0.25) is 0 Å². The summed E-state index contributed by atoms with van der Waals surface area (Å²) in [5, 5.41) is 2.92. The third kappa shape index (κ3) is 5.61. The van der Waals surface area contributed by atoms with Gasteiger partial charge in [-0.2, -0.15) is 0 Å². The fourth-order valence-electron chi connectivity index (χ4n) is 1.73. The van der Waals surface area contributed by atoms with Crippen LogP contribution in [0.4, 0.5) is 0 Å². The second-order valence-corrected chi connectivity index (χ2v) is 4.52. The number of amides is 1. The summed E-state index contributed by atoms with van der Waals surface area (Å²) in [5.41, 5.74) is 1.10. The van der Waals surface area contributed by atoms with Crippen LogP contribution in [0.2, 0.25) is 0 Å². The molecular formula is C14H21BrN2O2. The molecule has 0 unspecified atom stereocenters. The van der Waals surface area contributed by atoms with Crippen LogP contribution in [0.3, 0.4) is 0 Å². The van der Waals surface area contributed by atoms with Gasteiger partial charge in [0.15, 0.2) is 0 Å². The molecule has 0 spiro atoms. The third-order valence-corrected chi connectivity index (χ3v) is 3.17. The molecule has 5 heteroatoms. The molecule has 0 fully saturated rings. The van der Waals surface area contributed by atoms with E-state index in [2.05, 4.69) is 40.0 Å². The number of hydrogen-bond donors (Lipinski definition) is 1. The standard InChI is InChI=1S/C14H21BrN2O2/c1-3-17(4-2)10-9-16-14(18)12-5-7-13(8-6-12)19-11-15/h5-8H,3-4,9-11H2,1-2H3,(H,16,18). The van der Waals surface area contributed by atoms with Gasteiger partial charge in [-0.3, -0.25) is 4.79 Å². The van der Waals surface area contributed by atoms with Crippen molar-refractivity contribution in [2.24, 2.45) is 0 Å². The van der Waals surface area contributed by atoms with Gasteiger partial charge in [0.1, 0.15) is 11.3 Å². The number of carbonyl (C=O) groups excluding carboxylic acids is 1. The van der Waals surface area contributed by atoms with Gasteiger partial charge in [-0.25, -0.2) is 0 Å². The van der Waals surface area contributed by atoms with Crippen LogP contribution in [0, 0.1) is 0 Å². The average Bonchev–Trinajstić information content (AvgIpc) is 2.44. The highest BCUT2D eigenvalue weighted by molar-refractivity contribution is 9.09. The molecule has 0 heterocycles. The Balaban J connectivity index is 2.40. The molecule has 0 saturated carbocycles. The maximum Gasteiger partial charge on any atom is 0.251 e. The van der Waals surface area contributed by atoms with Gasteiger partial charge >= 0.3 is 0 Å². The minimum Gasteiger partial charge on any atom is -0.482 e. The number of nitrogens with one attached hydrogen (secondary N) is 1. The fourth-order valence-corrected chi connectivity index (χ4v) is 2.00. The Labute approximate surface area is 123 Å². The highest BCUT2D eigenvalue weighted by Gasteiger charge is 2.06. The van der Waals surface area contributed by atoms with E-state index in [4.69, 9.17) is 4.74 Å². The predicted molar refractivity (Wildman–Crippen MR) is 81.0 cm³/mol. The lowest BCUT2D eigenvalue weighted by Gasteiger charge is -2.17. The molecule has 0 aliphatic carbocycles. The van der Waals surface area contributed by atoms with E-state index in [1.54, 1.807) is 24.3 Å². The Morgan fingerprint density at radius 1 is 1.26 bits per heavy atom. The maximum atomic E-state index is 11.9. The highest BCUT2D eigenvalue weighted by atomic mass is 79.9. The van der Waals surface area contributed by atoms with Crippen LogP contribution in [-0.2, 0) is 0 Å². The van der Waals surface area contributed by atoms with Crippen LogP contribution in [0.5, 0.6) is 5.75 Å². The number of rotatable bonds is 8. The summed E-state index contributed by atoms with van der Waals surface area (Å²) in [5.74, 6) is 0.703. The van der Waals surface area contributed by atoms with E-state index in [1.807, 2.05) is 0 Å². The SMILES string of the molecule is CCN(CC)CCNC(=O)c1ccc(OCBr)cc1. The molecule has 0 saturated heterocycles. The Hall–Kier alpha value is -1.07. The molecule has 1 aromatic rings. The van der Waals surface area contributed by atoms with Crippen molar-refractivity contribution >= 4 is 21.8 Å². The first kappa shape index (κ1) is 16.0. The van der Waals surface area contributed by atoms with Gasteiger partial charge in [-0.1, -0.05) is 13.8 Å². The summed E-state index contributed by atoms with van der Waals surface area (Å²) in [6.07, 6.45) is 0. The minimum atomic E-state index is -0.0439. The highest BCUT2D eigenvalue weighted by Crippen LogP contribution is 2.12. The molecule has 0 radical (unpaired) electrons. The van der Waals surface area contributed by atoms with Gasteiger partial charge in [0.25, 0.3) is 5.91 Å². The first-order valence-corrected chi connectivity index (χ1v) is 7.62. The number of carbonyl (C=O) groups is 1. The van der Waals surface area contributed by atoms with Crippen molar-refractivity contribution in [2.75, 3.05) is 31.7 Å². The third-order valence-electron chi connectivity index (χ3n) is 2.95. The summed E-state index contributed by atoms with van der Waals surface area (Å²) >= 11 is 3.19. The van der Waals surface area contributed by atoms with E-state index in [0.717, 1.165) is 25.4 Å². The fraction of sp³-hybridized carbons (Fsp3) is 0.500. The number of likely N-dealkylation sites (N-methyl/N-ethyl adjacent to an activating group) is 1. The van der Waals surface area contributed by atoms with Gasteiger partial charge in [0.05, 0.1) is 0 Å². The molecule has 4 nitrogen and oxygen atoms in total. The zero-order valence-corrected chi connectivity index (χ0v) is 13.1. The lowest BCUT2D eigenvalue weighted by Crippen LogP contribution is -2.34. The second kappa shape index (κ2) is 8.93. The second-order valence-electron chi connectivity index (χ2n) is 4.06. The first-order chi connectivity index (χ1) is 9.21. The Bertz CT molecular complexity index is 378. The number of benzene rings is 1. The number of alkyl halides is 1. The number of hydrogen-bond acceptors (Lipinski definition) is 3. The maximum absolute atomic E-state index is 11.9. The molecular weight excluding hydrogens is 308 g/mol. The van der Waals surface area contributed by atoms with Crippen molar-refractivity contribution in [1.82, 2.24) is 10.2 Å². The Morgan fingerprint density at radius 2 is 1.89 bits per heavy atom. The van der Waals surface area contributed by atoms with Crippen LogP contribution in [0.1, 0.15) is 24.2 Å². The summed E-state index contributed by atoms with van der Waals surface area (Å²) in [6.45, 7) is 7.79. The van der Waals surface area contributed by atoms with Crippen molar-refractivity contribution in [3.8, 4) is 5.75 Å². The van der Waals surface area contributed by atoms with Crippen molar-refractivity contribution in [3.05, 3.63) is 29.8 Å². The Kier molecular flexibility index (Phi) is 7.52. The molecule has 1 amide bonds. The average molecular weight is 329 g/mol. The minimum absolute atomic E-state index is 0.0439. The quantitative estimate of drug-likeness (QED) is 0.745. The lowest BCUT2D eigenvalue weighted by atomic mass is 10.2. The van der Waals surface area contributed by atoms with E-state index in [1.165, 1.54) is 0 Å². The van der Waals surface area contributed by atoms with Crippen molar-refractivity contribution in [2.45, 2.75) is 13.8 Å². The van der Waals surface area contributed by atoms with Crippen LogP contribution in [-0.4, -0.2) is 42.5 Å². The smallest absolute Gasteiger partial charge is 0.251 e. The zero-order valence-electron chi connectivity index (χ0n) is 11.5. The zero-order chi connectivity index (χ0) is 14.1. The first-order valence-electron chi connectivity index (χ1n) is 6.50. The van der Waals surface area contributed by atoms with Crippen molar-refractivity contribution in [3.63, 3.8) is 0 Å². The molecule has 0 aromatic heterocycles. The largest absolute Gasteiger partial charge is 0.482 e. The van der Waals surface area contributed by atoms with Crippen LogP contribution < -0.4 is 10.1 Å². The van der Waals surface area contributed by atoms with E-state index in [9.17, 15) is 4.79 Å². The lowest BCUT2D eigenvalue weighted by molar-refractivity contribution is 0.0949. The van der Waals surface area contributed by atoms with Gasteiger partial charge in [-0.05, 0) is 53.3 Å². The van der Waals surface area contributed by atoms with E-state index >= 15 is 0 Å². The molecule has 0 aliphatic heterocycles. The summed E-state index contributed by atoms with van der Waals surface area (Å²) < 4.78 is 5.26. The topological polar surface area (TPSA) is 41.6 Å². The van der Waals surface area contributed by atoms with Gasteiger partial charge in [-0.15, -0.1) is 0 Å². The summed E-state index contributed by atoms with van der Waals surface area (Å²) in [6, 6.07) is 7.12. The molecule has 0 bridgehead atoms. The van der Waals surface area contributed by atoms with Crippen molar-refractivity contribution < 1.29 is 9.53 Å². The van der Waals surface area contributed by atoms with Gasteiger partial charge in [0, 0.05) is 18.7 Å². The van der Waals surface area contributed by atoms with E-state index < -0.39 is 0 Å². The number of nitrogens with zero attached hydrogens (tertiary/aromatic N) is 1. The molecule has 106 valence electrons. The number of halogens is 1. The monoisotopic (exact) mass is 328 g/mol. The molecule has 1 aromatic carbocycles. The van der Waals surface area contributed by atoms with Crippen LogP contribution in [0.25, 0.3) is 0 Å². The Morgan fingerprint density at radius 3 is 2.42 bits per heavy atom. The molecule has 1 N–H and O–H groups in total. The van der Waals surface area contributed by atoms with Crippen LogP contribution in [0.15, 0.2) is 24.3 Å². The normalized spacial score (nSPS) is 10.5. The molecule has 0 aliphatic rings. The van der Waals surface area contributed by atoms with E-state index in [0.29, 0.717) is 17.6 Å². The summed E-state index contributed by atoms with van der Waals surface area (Å²) in [4.78, 5) is 14.2. The molecule has 19 heavy (non-hydrogen) atoms. The molecule has 1 rings (SSSR count). The van der Waals surface area contributed by atoms with Crippen molar-refractivity contribution in [1.29, 1.82) is 0 Å². The van der Waals surface area contributed by atoms with Crippen LogP contribution >= 0.6 is 15.9 Å². The predicted octanol–water partition coefficient (Wildman–Crippen LogP) is 2.49.